The van der Waals surface area contributed by atoms with Crippen LogP contribution in [-0.4, -0.2) is 29.2 Å². The molecule has 4 aromatic rings. The number of hydrogen-bond acceptors (Lipinski definition) is 7. The molecular weight excluding hydrogens is 414 g/mol. The van der Waals surface area contributed by atoms with E-state index in [2.05, 4.69) is 14.9 Å². The van der Waals surface area contributed by atoms with Crippen molar-refractivity contribution in [1.29, 1.82) is 0 Å². The van der Waals surface area contributed by atoms with Crippen molar-refractivity contribution < 1.29 is 9.47 Å². The summed E-state index contributed by atoms with van der Waals surface area (Å²) in [7, 11) is 3.32. The summed E-state index contributed by atoms with van der Waals surface area (Å²) in [4.78, 5) is 16.1. The fourth-order valence-electron chi connectivity index (χ4n) is 3.53. The fourth-order valence-corrected chi connectivity index (χ4v) is 3.53. The van der Waals surface area contributed by atoms with Crippen LogP contribution in [0.1, 0.15) is 17.0 Å². The zero-order valence-electron chi connectivity index (χ0n) is 19.0. The Hall–Kier alpha value is -4.13. The number of nitrogens with two attached hydrogens (primary N) is 1. The maximum absolute atomic E-state index is 6.19. The van der Waals surface area contributed by atoms with Gasteiger partial charge in [-0.1, -0.05) is 36.4 Å². The lowest BCUT2D eigenvalue weighted by atomic mass is 10.1. The van der Waals surface area contributed by atoms with Gasteiger partial charge in [-0.15, -0.1) is 0 Å². The van der Waals surface area contributed by atoms with E-state index in [1.165, 1.54) is 0 Å². The Morgan fingerprint density at radius 2 is 1.27 bits per heavy atom. The third kappa shape index (κ3) is 5.38. The largest absolute Gasteiger partial charge is 0.497 e. The van der Waals surface area contributed by atoms with Crippen LogP contribution in [0.5, 0.6) is 11.5 Å². The van der Waals surface area contributed by atoms with Crippen LogP contribution in [0.25, 0.3) is 11.4 Å². The average Bonchev–Trinajstić information content (AvgIpc) is 2.84. The number of nitrogens with zero attached hydrogens (tertiary/aromatic N) is 4. The van der Waals surface area contributed by atoms with Gasteiger partial charge in [0.05, 0.1) is 14.2 Å². The lowest BCUT2D eigenvalue weighted by Crippen LogP contribution is -2.25. The van der Waals surface area contributed by atoms with E-state index < -0.39 is 0 Å². The average molecular weight is 442 g/mol. The number of benzene rings is 3. The predicted molar refractivity (Wildman–Crippen MR) is 130 cm³/mol. The molecule has 0 aliphatic carbocycles. The second-order valence-electron chi connectivity index (χ2n) is 7.65. The van der Waals surface area contributed by atoms with Gasteiger partial charge in [0, 0.05) is 24.3 Å². The Labute approximate surface area is 193 Å². The third-order valence-corrected chi connectivity index (χ3v) is 5.28. The molecule has 3 aromatic carbocycles. The number of rotatable bonds is 8. The highest BCUT2D eigenvalue weighted by molar-refractivity contribution is 5.71. The van der Waals surface area contributed by atoms with Crippen molar-refractivity contribution >= 4 is 11.6 Å². The minimum atomic E-state index is 0.560. The number of aromatic nitrogens is 3. The Kier molecular flexibility index (Phi) is 6.69. The Balaban J connectivity index is 1.71. The first-order valence-electron chi connectivity index (χ1n) is 10.6. The van der Waals surface area contributed by atoms with Crippen molar-refractivity contribution in [3.05, 3.63) is 89.7 Å². The van der Waals surface area contributed by atoms with E-state index in [1.54, 1.807) is 14.2 Å². The maximum atomic E-state index is 6.19. The minimum absolute atomic E-state index is 0.560. The van der Waals surface area contributed by atoms with Gasteiger partial charge in [-0.05, 0) is 54.4 Å². The standard InChI is InChI=1S/C26H27N5O2/c1-18-28-25(23-6-4-5-7-24(23)27)30-26(29-18)31(16-19-8-12-21(32-2)13-9-19)17-20-10-14-22(33-3)15-11-20/h4-15H,16-17,27H2,1-3H3. The zero-order chi connectivity index (χ0) is 23.2. The predicted octanol–water partition coefficient (Wildman–Crippen LogP) is 4.65. The maximum Gasteiger partial charge on any atom is 0.229 e. The molecule has 0 atom stereocenters. The highest BCUT2D eigenvalue weighted by Crippen LogP contribution is 2.25. The molecular formula is C26H27N5O2. The quantitative estimate of drug-likeness (QED) is 0.398. The first-order chi connectivity index (χ1) is 16.1. The molecule has 0 fully saturated rings. The van der Waals surface area contributed by atoms with Crippen molar-refractivity contribution in [2.24, 2.45) is 0 Å². The molecule has 0 aliphatic heterocycles. The van der Waals surface area contributed by atoms with Crippen LogP contribution in [0, 0.1) is 6.92 Å². The molecule has 33 heavy (non-hydrogen) atoms. The van der Waals surface area contributed by atoms with Crippen LogP contribution in [0.4, 0.5) is 11.6 Å². The van der Waals surface area contributed by atoms with E-state index in [0.29, 0.717) is 36.4 Å². The van der Waals surface area contributed by atoms with Gasteiger partial charge in [0.2, 0.25) is 5.95 Å². The number of anilines is 2. The number of hydrogen-bond donors (Lipinski definition) is 1. The van der Waals surface area contributed by atoms with Crippen LogP contribution in [0.2, 0.25) is 0 Å². The molecule has 0 unspecified atom stereocenters. The molecule has 0 saturated heterocycles. The van der Waals surface area contributed by atoms with E-state index in [4.69, 9.17) is 20.2 Å². The van der Waals surface area contributed by atoms with Gasteiger partial charge in [-0.2, -0.15) is 9.97 Å². The summed E-state index contributed by atoms with van der Waals surface area (Å²) >= 11 is 0. The second-order valence-corrected chi connectivity index (χ2v) is 7.65. The summed E-state index contributed by atoms with van der Waals surface area (Å²) in [5.74, 6) is 3.42. The molecule has 0 bridgehead atoms. The van der Waals surface area contributed by atoms with Gasteiger partial charge in [0.15, 0.2) is 5.82 Å². The molecule has 0 spiro atoms. The van der Waals surface area contributed by atoms with Crippen molar-refractivity contribution in [2.75, 3.05) is 24.9 Å². The highest BCUT2D eigenvalue weighted by Gasteiger charge is 2.16. The number of methoxy groups -OCH3 is 2. The fraction of sp³-hybridized carbons (Fsp3) is 0.192. The van der Waals surface area contributed by atoms with E-state index in [-0.39, 0.29) is 0 Å². The van der Waals surface area contributed by atoms with Gasteiger partial charge >= 0.3 is 0 Å². The van der Waals surface area contributed by atoms with E-state index in [1.807, 2.05) is 79.7 Å². The van der Waals surface area contributed by atoms with E-state index in [0.717, 1.165) is 28.2 Å². The molecule has 0 amide bonds. The lowest BCUT2D eigenvalue weighted by molar-refractivity contribution is 0.414. The summed E-state index contributed by atoms with van der Waals surface area (Å²) in [6, 6.07) is 23.6. The Morgan fingerprint density at radius 1 is 0.727 bits per heavy atom. The number of nitrogen functional groups attached to an aromatic ring is 1. The van der Waals surface area contributed by atoms with Gasteiger partial charge in [0.25, 0.3) is 0 Å². The number of ether oxygens (including phenoxy) is 2. The summed E-state index contributed by atoms with van der Waals surface area (Å²) in [5.41, 5.74) is 9.84. The lowest BCUT2D eigenvalue weighted by Gasteiger charge is -2.24. The molecule has 7 heteroatoms. The van der Waals surface area contributed by atoms with E-state index in [9.17, 15) is 0 Å². The molecule has 7 nitrogen and oxygen atoms in total. The first-order valence-corrected chi connectivity index (χ1v) is 10.6. The van der Waals surface area contributed by atoms with Gasteiger partial charge in [0.1, 0.15) is 17.3 Å². The molecule has 0 aliphatic rings. The third-order valence-electron chi connectivity index (χ3n) is 5.28. The van der Waals surface area contributed by atoms with Crippen LogP contribution in [-0.2, 0) is 13.1 Å². The molecule has 0 saturated carbocycles. The Morgan fingerprint density at radius 3 is 1.79 bits per heavy atom. The molecule has 2 N–H and O–H groups in total. The molecule has 168 valence electrons. The number of para-hydroxylation sites is 1. The summed E-state index contributed by atoms with van der Waals surface area (Å²) in [5, 5.41) is 0. The summed E-state index contributed by atoms with van der Waals surface area (Å²) in [6.45, 7) is 3.10. The summed E-state index contributed by atoms with van der Waals surface area (Å²) in [6.07, 6.45) is 0. The van der Waals surface area contributed by atoms with Gasteiger partial charge in [-0.25, -0.2) is 4.98 Å². The smallest absolute Gasteiger partial charge is 0.229 e. The molecule has 0 radical (unpaired) electrons. The second kappa shape index (κ2) is 9.99. The van der Waals surface area contributed by atoms with Gasteiger partial charge in [-0.3, -0.25) is 0 Å². The number of aryl methyl sites for hydroxylation is 1. The van der Waals surface area contributed by atoms with Crippen molar-refractivity contribution in [2.45, 2.75) is 20.0 Å². The molecule has 1 heterocycles. The van der Waals surface area contributed by atoms with Crippen molar-refractivity contribution in [1.82, 2.24) is 15.0 Å². The van der Waals surface area contributed by atoms with Crippen molar-refractivity contribution in [3.8, 4) is 22.9 Å². The Bertz CT molecular complexity index is 1160. The van der Waals surface area contributed by atoms with Crippen LogP contribution >= 0.6 is 0 Å². The normalized spacial score (nSPS) is 10.6. The topological polar surface area (TPSA) is 86.4 Å². The van der Waals surface area contributed by atoms with E-state index >= 15 is 0 Å². The SMILES string of the molecule is COc1ccc(CN(Cc2ccc(OC)cc2)c2nc(C)nc(-c3ccccc3N)n2)cc1. The monoisotopic (exact) mass is 441 g/mol. The first kappa shape index (κ1) is 22.1. The van der Waals surface area contributed by atoms with Crippen molar-refractivity contribution in [3.63, 3.8) is 0 Å². The highest BCUT2D eigenvalue weighted by atomic mass is 16.5. The van der Waals surface area contributed by atoms with Crippen LogP contribution in [0.3, 0.4) is 0 Å². The van der Waals surface area contributed by atoms with Crippen LogP contribution < -0.4 is 20.1 Å². The van der Waals surface area contributed by atoms with Gasteiger partial charge < -0.3 is 20.1 Å². The summed E-state index contributed by atoms with van der Waals surface area (Å²) < 4.78 is 10.6. The minimum Gasteiger partial charge on any atom is -0.497 e. The zero-order valence-corrected chi connectivity index (χ0v) is 19.0. The molecule has 1 aromatic heterocycles. The van der Waals surface area contributed by atoms with Crippen LogP contribution in [0.15, 0.2) is 72.8 Å². The molecule has 4 rings (SSSR count).